The molecule has 3 amide bonds. The molecule has 0 radical (unpaired) electrons. The average Bonchev–Trinajstić information content (AvgIpc) is 3.16. The van der Waals surface area contributed by atoms with Gasteiger partial charge < -0.3 is 20.3 Å². The number of hydrogen-bond acceptors (Lipinski definition) is 3. The number of amides is 3. The molecule has 1 aromatic carbocycles. The van der Waals surface area contributed by atoms with Crippen molar-refractivity contribution in [3.63, 3.8) is 0 Å². The predicted molar refractivity (Wildman–Crippen MR) is 88.2 cm³/mol. The molecule has 2 N–H and O–H groups in total. The lowest BCUT2D eigenvalue weighted by atomic mass is 9.95. The minimum Gasteiger partial charge on any atom is -0.376 e. The van der Waals surface area contributed by atoms with Crippen LogP contribution in [0.2, 0.25) is 0 Å². The zero-order chi connectivity index (χ0) is 16.7. The van der Waals surface area contributed by atoms with E-state index in [9.17, 15) is 9.59 Å². The Hall–Kier alpha value is -2.34. The van der Waals surface area contributed by atoms with Gasteiger partial charge in [0.05, 0.1) is 30.0 Å². The van der Waals surface area contributed by atoms with Crippen molar-refractivity contribution in [2.75, 3.05) is 19.7 Å². The van der Waals surface area contributed by atoms with E-state index in [1.807, 2.05) is 31.2 Å². The van der Waals surface area contributed by atoms with Gasteiger partial charge >= 0.3 is 6.03 Å². The van der Waals surface area contributed by atoms with E-state index in [1.54, 1.807) is 4.90 Å². The normalized spacial score (nSPS) is 26.5. The zero-order valence-corrected chi connectivity index (χ0v) is 13.7. The lowest BCUT2D eigenvalue weighted by Gasteiger charge is -2.26. The fourth-order valence-electron chi connectivity index (χ4n) is 3.71. The average molecular weight is 327 g/mol. The molecule has 0 aromatic heterocycles. The number of aryl methyl sites for hydroxylation is 1. The summed E-state index contributed by atoms with van der Waals surface area (Å²) >= 11 is 0. The molecule has 4 rings (SSSR count). The van der Waals surface area contributed by atoms with Crippen LogP contribution in [0, 0.1) is 6.92 Å². The van der Waals surface area contributed by atoms with E-state index in [1.165, 1.54) is 0 Å². The Labute approximate surface area is 140 Å². The molecule has 24 heavy (non-hydrogen) atoms. The summed E-state index contributed by atoms with van der Waals surface area (Å²) in [4.78, 5) is 26.7. The van der Waals surface area contributed by atoms with Crippen molar-refractivity contribution in [3.05, 3.63) is 46.7 Å². The highest BCUT2D eigenvalue weighted by Crippen LogP contribution is 2.33. The summed E-state index contributed by atoms with van der Waals surface area (Å²) < 4.78 is 5.65. The molecule has 3 aliphatic rings. The van der Waals surface area contributed by atoms with Gasteiger partial charge in [-0.2, -0.15) is 0 Å². The lowest BCUT2D eigenvalue weighted by Crippen LogP contribution is -2.44. The number of urea groups is 1. The summed E-state index contributed by atoms with van der Waals surface area (Å²) in [7, 11) is 0. The number of nitrogens with one attached hydrogen (secondary N) is 2. The molecule has 2 unspecified atom stereocenters. The third-order valence-corrected chi connectivity index (χ3v) is 4.84. The van der Waals surface area contributed by atoms with Gasteiger partial charge in [-0.1, -0.05) is 29.8 Å². The quantitative estimate of drug-likeness (QED) is 0.886. The smallest absolute Gasteiger partial charge is 0.319 e. The highest BCUT2D eigenvalue weighted by Gasteiger charge is 2.41. The molecule has 126 valence electrons. The molecule has 0 saturated carbocycles. The number of ether oxygens (including phenoxy) is 1. The molecular weight excluding hydrogens is 306 g/mol. The van der Waals surface area contributed by atoms with Gasteiger partial charge in [-0.3, -0.25) is 4.79 Å². The lowest BCUT2D eigenvalue weighted by molar-refractivity contribution is -0.127. The van der Waals surface area contributed by atoms with Gasteiger partial charge in [0.1, 0.15) is 0 Å². The monoisotopic (exact) mass is 327 g/mol. The van der Waals surface area contributed by atoms with E-state index in [-0.39, 0.29) is 18.0 Å². The van der Waals surface area contributed by atoms with E-state index >= 15 is 0 Å². The van der Waals surface area contributed by atoms with Crippen molar-refractivity contribution >= 4 is 11.9 Å². The molecule has 1 fully saturated rings. The van der Waals surface area contributed by atoms with E-state index in [0.29, 0.717) is 24.4 Å². The summed E-state index contributed by atoms with van der Waals surface area (Å²) in [6.45, 7) is 3.80. The number of benzene rings is 1. The fraction of sp³-hybridized carbons (Fsp3) is 0.444. The summed E-state index contributed by atoms with van der Waals surface area (Å²) in [6, 6.07) is 7.26. The summed E-state index contributed by atoms with van der Waals surface area (Å²) in [5.41, 5.74) is 3.40. The van der Waals surface area contributed by atoms with Crippen molar-refractivity contribution < 1.29 is 14.3 Å². The first-order valence-electron chi connectivity index (χ1n) is 8.40. The first-order valence-corrected chi connectivity index (χ1v) is 8.40. The molecule has 1 aromatic rings. The first-order chi connectivity index (χ1) is 11.6. The Morgan fingerprint density at radius 1 is 1.33 bits per heavy atom. The molecule has 0 aliphatic carbocycles. The van der Waals surface area contributed by atoms with Gasteiger partial charge in [-0.15, -0.1) is 0 Å². The summed E-state index contributed by atoms with van der Waals surface area (Å²) in [5, 5.41) is 5.69. The largest absolute Gasteiger partial charge is 0.376 e. The molecule has 0 bridgehead atoms. The van der Waals surface area contributed by atoms with E-state index in [0.717, 1.165) is 30.6 Å². The Balaban J connectivity index is 1.61. The van der Waals surface area contributed by atoms with Crippen LogP contribution in [0.15, 0.2) is 35.5 Å². The molecule has 6 heteroatoms. The SMILES string of the molecule is Cc1cccc(C2NC(=O)NC3=C2C(=O)N(CC2CCCO2)C3)c1. The molecule has 1 saturated heterocycles. The second-order valence-electron chi connectivity index (χ2n) is 6.66. The minimum absolute atomic E-state index is 0.0143. The van der Waals surface area contributed by atoms with Crippen LogP contribution in [-0.2, 0) is 9.53 Å². The molecular formula is C18H21N3O3. The van der Waals surface area contributed by atoms with E-state index in [4.69, 9.17) is 4.74 Å². The third-order valence-electron chi connectivity index (χ3n) is 4.84. The van der Waals surface area contributed by atoms with Gasteiger partial charge in [-0.05, 0) is 25.3 Å². The van der Waals surface area contributed by atoms with Crippen LogP contribution in [0.4, 0.5) is 4.79 Å². The second kappa shape index (κ2) is 5.94. The van der Waals surface area contributed by atoms with Crippen LogP contribution < -0.4 is 10.6 Å². The van der Waals surface area contributed by atoms with Crippen molar-refractivity contribution in [2.45, 2.75) is 31.9 Å². The fourth-order valence-corrected chi connectivity index (χ4v) is 3.71. The Morgan fingerprint density at radius 3 is 2.96 bits per heavy atom. The molecule has 6 nitrogen and oxygen atoms in total. The highest BCUT2D eigenvalue weighted by molar-refractivity contribution is 6.01. The molecule has 2 atom stereocenters. The van der Waals surface area contributed by atoms with E-state index in [2.05, 4.69) is 10.6 Å². The van der Waals surface area contributed by atoms with E-state index < -0.39 is 6.04 Å². The molecule has 3 heterocycles. The summed E-state index contributed by atoms with van der Waals surface area (Å²) in [5.74, 6) is -0.0143. The van der Waals surface area contributed by atoms with Gasteiger partial charge in [0.25, 0.3) is 5.91 Å². The van der Waals surface area contributed by atoms with Crippen LogP contribution in [0.25, 0.3) is 0 Å². The van der Waals surface area contributed by atoms with Gasteiger partial charge in [0.2, 0.25) is 0 Å². The molecule has 3 aliphatic heterocycles. The van der Waals surface area contributed by atoms with Gasteiger partial charge in [-0.25, -0.2) is 4.79 Å². The second-order valence-corrected chi connectivity index (χ2v) is 6.66. The van der Waals surface area contributed by atoms with Crippen LogP contribution in [0.1, 0.15) is 30.0 Å². The Kier molecular flexibility index (Phi) is 3.76. The number of carbonyl (C=O) groups is 2. The predicted octanol–water partition coefficient (Wildman–Crippen LogP) is 1.62. The van der Waals surface area contributed by atoms with Gasteiger partial charge in [0.15, 0.2) is 0 Å². The highest BCUT2D eigenvalue weighted by atomic mass is 16.5. The van der Waals surface area contributed by atoms with Gasteiger partial charge in [0, 0.05) is 13.2 Å². The topological polar surface area (TPSA) is 70.7 Å². The van der Waals surface area contributed by atoms with Crippen LogP contribution >= 0.6 is 0 Å². The number of hydrogen-bond donors (Lipinski definition) is 2. The van der Waals surface area contributed by atoms with Crippen molar-refractivity contribution in [2.24, 2.45) is 0 Å². The molecule has 0 spiro atoms. The van der Waals surface area contributed by atoms with Crippen molar-refractivity contribution in [3.8, 4) is 0 Å². The Bertz CT molecular complexity index is 722. The Morgan fingerprint density at radius 2 is 2.21 bits per heavy atom. The summed E-state index contributed by atoms with van der Waals surface area (Å²) in [6.07, 6.45) is 2.14. The number of nitrogens with zero attached hydrogens (tertiary/aromatic N) is 1. The minimum atomic E-state index is -0.393. The zero-order valence-electron chi connectivity index (χ0n) is 13.7. The maximum Gasteiger partial charge on any atom is 0.319 e. The first kappa shape index (κ1) is 15.2. The number of carbonyl (C=O) groups excluding carboxylic acids is 2. The standard InChI is InChI=1S/C18H21N3O3/c1-11-4-2-5-12(8-11)16-15-14(19-18(23)20-16)10-21(17(15)22)9-13-6-3-7-24-13/h2,4-5,8,13,16H,3,6-7,9-10H2,1H3,(H2,19,20,23). The van der Waals surface area contributed by atoms with Crippen LogP contribution in [0.5, 0.6) is 0 Å². The van der Waals surface area contributed by atoms with Crippen molar-refractivity contribution in [1.82, 2.24) is 15.5 Å². The number of rotatable bonds is 3. The van der Waals surface area contributed by atoms with Crippen molar-refractivity contribution in [1.29, 1.82) is 0 Å². The third kappa shape index (κ3) is 2.67. The maximum absolute atomic E-state index is 12.9. The maximum atomic E-state index is 12.9. The van der Waals surface area contributed by atoms with Crippen LogP contribution in [-0.4, -0.2) is 42.6 Å². The van der Waals surface area contributed by atoms with Crippen LogP contribution in [0.3, 0.4) is 0 Å².